The van der Waals surface area contributed by atoms with Crippen LogP contribution < -0.4 is 5.32 Å². The number of hydrogen-bond acceptors (Lipinski definition) is 5. The van der Waals surface area contributed by atoms with Crippen LogP contribution in [0.3, 0.4) is 0 Å². The Morgan fingerprint density at radius 1 is 1.60 bits per heavy atom. The van der Waals surface area contributed by atoms with Crippen LogP contribution in [0, 0.1) is 22.7 Å². The molecule has 1 N–H and O–H groups in total. The molecular weight excluding hydrogens is 192 g/mol. The first-order valence-corrected chi connectivity index (χ1v) is 4.53. The van der Waals surface area contributed by atoms with Crippen LogP contribution in [-0.4, -0.2) is 27.4 Å². The van der Waals surface area contributed by atoms with Crippen molar-refractivity contribution < 1.29 is 0 Å². The highest BCUT2D eigenvalue weighted by Crippen LogP contribution is 2.08. The van der Waals surface area contributed by atoms with Gasteiger partial charge >= 0.3 is 0 Å². The molecule has 0 fully saturated rings. The highest BCUT2D eigenvalue weighted by atomic mass is 15.3. The molecule has 0 aliphatic heterocycles. The molecule has 0 saturated carbocycles. The largest absolute Gasteiger partial charge is 0.303 e. The van der Waals surface area contributed by atoms with E-state index in [2.05, 4.69) is 21.5 Å². The summed E-state index contributed by atoms with van der Waals surface area (Å²) in [5, 5.41) is 24.3. The van der Waals surface area contributed by atoms with Gasteiger partial charge in [-0.2, -0.15) is 10.5 Å². The molecule has 1 aromatic rings. The molecule has 0 bridgehead atoms. The third kappa shape index (κ3) is 2.76. The summed E-state index contributed by atoms with van der Waals surface area (Å²) in [6.07, 6.45) is 2.10. The highest BCUT2D eigenvalue weighted by molar-refractivity contribution is 5.06. The van der Waals surface area contributed by atoms with Gasteiger partial charge < -0.3 is 5.32 Å². The molecule has 0 radical (unpaired) electrons. The molecule has 0 amide bonds. The molecule has 1 atom stereocenters. The molecule has 0 saturated heterocycles. The van der Waals surface area contributed by atoms with Gasteiger partial charge in [-0.05, 0) is 20.4 Å². The Kier molecular flexibility index (Phi) is 3.37. The van der Waals surface area contributed by atoms with Gasteiger partial charge in [0.1, 0.15) is 17.9 Å². The topological polar surface area (TPSA) is 90.3 Å². The van der Waals surface area contributed by atoms with Crippen molar-refractivity contribution in [3.05, 3.63) is 12.2 Å². The molecular formula is C9H12N6. The zero-order chi connectivity index (χ0) is 11.3. The number of aryl methyl sites for hydroxylation is 1. The maximum Gasteiger partial charge on any atom is 0.252 e. The van der Waals surface area contributed by atoms with E-state index < -0.39 is 5.54 Å². The van der Waals surface area contributed by atoms with Crippen LogP contribution in [0.2, 0.25) is 0 Å². The summed E-state index contributed by atoms with van der Waals surface area (Å²) < 4.78 is 1.56. The Hall–Kier alpha value is -1.92. The molecule has 6 heteroatoms. The Morgan fingerprint density at radius 2 is 2.33 bits per heavy atom. The molecule has 15 heavy (non-hydrogen) atoms. The lowest BCUT2D eigenvalue weighted by atomic mass is 10.0. The lowest BCUT2D eigenvalue weighted by molar-refractivity contribution is 0.408. The molecule has 6 nitrogen and oxygen atoms in total. The lowest BCUT2D eigenvalue weighted by Gasteiger charge is -2.19. The maximum absolute atomic E-state index is 8.90. The predicted molar refractivity (Wildman–Crippen MR) is 52.4 cm³/mol. The van der Waals surface area contributed by atoms with Crippen molar-refractivity contribution in [1.82, 2.24) is 20.1 Å². The SMILES string of the molecule is CNC(C)(C#N)CCn1cnc(C#N)n1. The number of nitriles is 2. The van der Waals surface area contributed by atoms with E-state index >= 15 is 0 Å². The van der Waals surface area contributed by atoms with Crippen molar-refractivity contribution in [2.45, 2.75) is 25.4 Å². The highest BCUT2D eigenvalue weighted by Gasteiger charge is 2.20. The van der Waals surface area contributed by atoms with Gasteiger partial charge in [0.15, 0.2) is 0 Å². The summed E-state index contributed by atoms with van der Waals surface area (Å²) in [6.45, 7) is 2.37. The van der Waals surface area contributed by atoms with E-state index in [0.717, 1.165) is 0 Å². The van der Waals surface area contributed by atoms with Crippen LogP contribution >= 0.6 is 0 Å². The second-order valence-electron chi connectivity index (χ2n) is 3.39. The predicted octanol–water partition coefficient (Wildman–Crippen LogP) is 0.0416. The fourth-order valence-corrected chi connectivity index (χ4v) is 1.03. The number of hydrogen-bond donors (Lipinski definition) is 1. The average molecular weight is 204 g/mol. The molecule has 1 unspecified atom stereocenters. The van der Waals surface area contributed by atoms with Gasteiger partial charge in [-0.1, -0.05) is 0 Å². The van der Waals surface area contributed by atoms with Gasteiger partial charge in [-0.15, -0.1) is 5.10 Å². The minimum absolute atomic E-state index is 0.151. The summed E-state index contributed by atoms with van der Waals surface area (Å²) in [5.74, 6) is 0.151. The first-order chi connectivity index (χ1) is 7.13. The van der Waals surface area contributed by atoms with Crippen molar-refractivity contribution in [2.75, 3.05) is 7.05 Å². The van der Waals surface area contributed by atoms with E-state index in [0.29, 0.717) is 13.0 Å². The van der Waals surface area contributed by atoms with Crippen molar-refractivity contribution in [3.8, 4) is 12.1 Å². The van der Waals surface area contributed by atoms with Gasteiger partial charge in [0.05, 0.1) is 6.07 Å². The van der Waals surface area contributed by atoms with Crippen LogP contribution in [0.25, 0.3) is 0 Å². The first kappa shape index (κ1) is 11.2. The van der Waals surface area contributed by atoms with Crippen LogP contribution in [0.4, 0.5) is 0 Å². The van der Waals surface area contributed by atoms with Gasteiger partial charge in [0.25, 0.3) is 5.82 Å². The van der Waals surface area contributed by atoms with E-state index in [9.17, 15) is 0 Å². The normalized spacial score (nSPS) is 13.9. The Balaban J connectivity index is 2.58. The molecule has 1 aromatic heterocycles. The Bertz CT molecular complexity index is 409. The fourth-order valence-electron chi connectivity index (χ4n) is 1.03. The molecule has 78 valence electrons. The Labute approximate surface area is 88.1 Å². The molecule has 0 aliphatic carbocycles. The zero-order valence-corrected chi connectivity index (χ0v) is 8.73. The smallest absolute Gasteiger partial charge is 0.252 e. The number of nitrogens with one attached hydrogen (secondary N) is 1. The van der Waals surface area contributed by atoms with Gasteiger partial charge in [0, 0.05) is 6.54 Å². The third-order valence-corrected chi connectivity index (χ3v) is 2.28. The van der Waals surface area contributed by atoms with Gasteiger partial charge in [-0.3, -0.25) is 4.68 Å². The third-order valence-electron chi connectivity index (χ3n) is 2.28. The number of rotatable bonds is 4. The van der Waals surface area contributed by atoms with Crippen molar-refractivity contribution in [3.63, 3.8) is 0 Å². The van der Waals surface area contributed by atoms with E-state index in [1.807, 2.05) is 13.0 Å². The maximum atomic E-state index is 8.90. The van der Waals surface area contributed by atoms with Gasteiger partial charge in [0.2, 0.25) is 0 Å². The fraction of sp³-hybridized carbons (Fsp3) is 0.556. The van der Waals surface area contributed by atoms with Crippen molar-refractivity contribution >= 4 is 0 Å². The number of nitrogens with zero attached hydrogens (tertiary/aromatic N) is 5. The summed E-state index contributed by atoms with van der Waals surface area (Å²) in [7, 11) is 1.74. The molecule has 0 aliphatic rings. The Morgan fingerprint density at radius 3 is 2.80 bits per heavy atom. The molecule has 1 rings (SSSR count). The van der Waals surface area contributed by atoms with Crippen LogP contribution in [-0.2, 0) is 6.54 Å². The van der Waals surface area contributed by atoms with Crippen molar-refractivity contribution in [2.24, 2.45) is 0 Å². The summed E-state index contributed by atoms with van der Waals surface area (Å²) in [6, 6.07) is 4.03. The average Bonchev–Trinajstić information content (AvgIpc) is 2.74. The molecule has 0 aromatic carbocycles. The van der Waals surface area contributed by atoms with E-state index in [1.54, 1.807) is 11.7 Å². The first-order valence-electron chi connectivity index (χ1n) is 4.53. The minimum Gasteiger partial charge on any atom is -0.303 e. The van der Waals surface area contributed by atoms with Crippen LogP contribution in [0.1, 0.15) is 19.2 Å². The summed E-state index contributed by atoms with van der Waals surface area (Å²) >= 11 is 0. The standard InChI is InChI=1S/C9H12N6/c1-9(6-11,12-2)3-4-15-7-13-8(5-10)14-15/h7,12H,3-4H2,1-2H3. The second-order valence-corrected chi connectivity index (χ2v) is 3.39. The monoisotopic (exact) mass is 204 g/mol. The summed E-state index contributed by atoms with van der Waals surface area (Å²) in [5.41, 5.74) is -0.571. The number of aromatic nitrogens is 3. The zero-order valence-electron chi connectivity index (χ0n) is 8.73. The van der Waals surface area contributed by atoms with E-state index in [-0.39, 0.29) is 5.82 Å². The molecule has 1 heterocycles. The minimum atomic E-state index is -0.571. The van der Waals surface area contributed by atoms with E-state index in [1.165, 1.54) is 6.33 Å². The quantitative estimate of drug-likeness (QED) is 0.747. The van der Waals surface area contributed by atoms with Gasteiger partial charge in [-0.25, -0.2) is 4.98 Å². The van der Waals surface area contributed by atoms with Crippen LogP contribution in [0.5, 0.6) is 0 Å². The molecule has 0 spiro atoms. The van der Waals surface area contributed by atoms with Crippen LogP contribution in [0.15, 0.2) is 6.33 Å². The van der Waals surface area contributed by atoms with E-state index in [4.69, 9.17) is 10.5 Å². The second kappa shape index (κ2) is 4.54. The summed E-state index contributed by atoms with van der Waals surface area (Å²) in [4.78, 5) is 3.77. The van der Waals surface area contributed by atoms with Crippen molar-refractivity contribution in [1.29, 1.82) is 10.5 Å². The lowest BCUT2D eigenvalue weighted by Crippen LogP contribution is -2.39.